The zero-order valence-electron chi connectivity index (χ0n) is 11.1. The van der Waals surface area contributed by atoms with Crippen LogP contribution in [0.4, 0.5) is 0 Å². The first-order valence-corrected chi connectivity index (χ1v) is 6.34. The fourth-order valence-electron chi connectivity index (χ4n) is 2.13. The van der Waals surface area contributed by atoms with Crippen LogP contribution in [0, 0.1) is 0 Å². The third-order valence-corrected chi connectivity index (χ3v) is 3.15. The molecular weight excluding hydrogens is 212 g/mol. The van der Waals surface area contributed by atoms with Crippen LogP contribution in [0.25, 0.3) is 0 Å². The lowest BCUT2D eigenvalue weighted by Crippen LogP contribution is -2.37. The Hall–Kier alpha value is -0.900. The molecule has 1 rings (SSSR count). The Kier molecular flexibility index (Phi) is 6.19. The van der Waals surface area contributed by atoms with Gasteiger partial charge in [0.25, 0.3) is 0 Å². The molecule has 17 heavy (non-hydrogen) atoms. The van der Waals surface area contributed by atoms with Gasteiger partial charge >= 0.3 is 0 Å². The molecule has 0 saturated heterocycles. The van der Waals surface area contributed by atoms with Crippen molar-refractivity contribution in [2.45, 2.75) is 45.3 Å². The second-order valence-electron chi connectivity index (χ2n) is 4.31. The number of nitrogens with two attached hydrogens (primary N) is 1. The predicted octanol–water partition coefficient (Wildman–Crippen LogP) is 2.57. The fourth-order valence-corrected chi connectivity index (χ4v) is 2.13. The van der Waals surface area contributed by atoms with E-state index in [1.807, 2.05) is 0 Å². The van der Waals surface area contributed by atoms with E-state index in [9.17, 15) is 0 Å². The molecule has 1 aromatic rings. The van der Waals surface area contributed by atoms with Crippen LogP contribution in [0.15, 0.2) is 24.3 Å². The second kappa shape index (κ2) is 7.43. The van der Waals surface area contributed by atoms with E-state index in [4.69, 9.17) is 10.6 Å². The molecule has 96 valence electrons. The molecule has 0 radical (unpaired) electrons. The van der Waals surface area contributed by atoms with Gasteiger partial charge in [-0.05, 0) is 24.0 Å². The van der Waals surface area contributed by atoms with Crippen molar-refractivity contribution in [3.8, 4) is 0 Å². The molecule has 0 fully saturated rings. The predicted molar refractivity (Wildman–Crippen MR) is 71.6 cm³/mol. The summed E-state index contributed by atoms with van der Waals surface area (Å²) < 4.78 is 5.53. The molecule has 3 N–H and O–H groups in total. The Morgan fingerprint density at radius 2 is 2.12 bits per heavy atom. The molecule has 1 aromatic carbocycles. The highest BCUT2D eigenvalue weighted by atomic mass is 16.5. The summed E-state index contributed by atoms with van der Waals surface area (Å²) in [4.78, 5) is 0. The fraction of sp³-hybridized carbons (Fsp3) is 0.571. The summed E-state index contributed by atoms with van der Waals surface area (Å²) in [5.74, 6) is 5.67. The van der Waals surface area contributed by atoms with Crippen LogP contribution in [-0.4, -0.2) is 13.2 Å². The number of aryl methyl sites for hydroxylation is 1. The van der Waals surface area contributed by atoms with Gasteiger partial charge in [-0.25, -0.2) is 0 Å². The van der Waals surface area contributed by atoms with Crippen LogP contribution in [0.5, 0.6) is 0 Å². The Bertz CT molecular complexity index is 328. The molecule has 0 saturated carbocycles. The highest BCUT2D eigenvalue weighted by Gasteiger charge is 2.21. The number of benzene rings is 1. The molecule has 2 unspecified atom stereocenters. The quantitative estimate of drug-likeness (QED) is 0.565. The van der Waals surface area contributed by atoms with Gasteiger partial charge in [0.1, 0.15) is 0 Å². The SMILES string of the molecule is CCCC(OC)C(NN)c1cccc(CC)c1. The minimum Gasteiger partial charge on any atom is -0.379 e. The Morgan fingerprint density at radius 1 is 1.35 bits per heavy atom. The van der Waals surface area contributed by atoms with Crippen LogP contribution >= 0.6 is 0 Å². The molecule has 0 spiro atoms. The summed E-state index contributed by atoms with van der Waals surface area (Å²) in [7, 11) is 1.74. The van der Waals surface area contributed by atoms with Crippen LogP contribution in [0.1, 0.15) is 43.9 Å². The molecule has 0 aromatic heterocycles. The number of hydrogen-bond donors (Lipinski definition) is 2. The summed E-state index contributed by atoms with van der Waals surface area (Å²) >= 11 is 0. The van der Waals surface area contributed by atoms with E-state index in [1.54, 1.807) is 7.11 Å². The highest BCUT2D eigenvalue weighted by molar-refractivity contribution is 5.26. The number of rotatable bonds is 7. The molecule has 3 heteroatoms. The highest BCUT2D eigenvalue weighted by Crippen LogP contribution is 2.22. The normalized spacial score (nSPS) is 14.6. The first-order valence-electron chi connectivity index (χ1n) is 6.34. The first kappa shape index (κ1) is 14.2. The number of methoxy groups -OCH3 is 1. The Labute approximate surface area is 104 Å². The molecule has 3 nitrogen and oxygen atoms in total. The van der Waals surface area contributed by atoms with Crippen molar-refractivity contribution in [2.75, 3.05) is 7.11 Å². The van der Waals surface area contributed by atoms with Crippen molar-refractivity contribution in [3.63, 3.8) is 0 Å². The van der Waals surface area contributed by atoms with E-state index in [0.29, 0.717) is 0 Å². The number of nitrogens with one attached hydrogen (secondary N) is 1. The van der Waals surface area contributed by atoms with E-state index >= 15 is 0 Å². The topological polar surface area (TPSA) is 47.3 Å². The van der Waals surface area contributed by atoms with Crippen molar-refractivity contribution in [3.05, 3.63) is 35.4 Å². The standard InChI is InChI=1S/C14H24N2O/c1-4-7-13(17-3)14(16-15)12-9-6-8-11(5-2)10-12/h6,8-10,13-14,16H,4-5,7,15H2,1-3H3. The van der Waals surface area contributed by atoms with Gasteiger partial charge in [0.05, 0.1) is 12.1 Å². The zero-order chi connectivity index (χ0) is 12.7. The summed E-state index contributed by atoms with van der Waals surface area (Å²) in [5.41, 5.74) is 5.41. The summed E-state index contributed by atoms with van der Waals surface area (Å²) in [5, 5.41) is 0. The van der Waals surface area contributed by atoms with Crippen LogP contribution in [-0.2, 0) is 11.2 Å². The van der Waals surface area contributed by atoms with Gasteiger partial charge in [0, 0.05) is 7.11 Å². The largest absolute Gasteiger partial charge is 0.379 e. The van der Waals surface area contributed by atoms with Crippen molar-refractivity contribution >= 4 is 0 Å². The number of ether oxygens (including phenoxy) is 1. The molecule has 0 amide bonds. The number of hydrogen-bond acceptors (Lipinski definition) is 3. The molecule has 0 heterocycles. The molecule has 2 atom stereocenters. The van der Waals surface area contributed by atoms with Gasteiger partial charge in [0.15, 0.2) is 0 Å². The van der Waals surface area contributed by atoms with Crippen molar-refractivity contribution in [1.82, 2.24) is 5.43 Å². The van der Waals surface area contributed by atoms with E-state index in [2.05, 4.69) is 43.5 Å². The third kappa shape index (κ3) is 3.80. The maximum absolute atomic E-state index is 5.67. The van der Waals surface area contributed by atoms with Crippen molar-refractivity contribution in [2.24, 2.45) is 5.84 Å². The van der Waals surface area contributed by atoms with E-state index in [-0.39, 0.29) is 12.1 Å². The summed E-state index contributed by atoms with van der Waals surface area (Å²) in [6.45, 7) is 4.31. The average molecular weight is 236 g/mol. The lowest BCUT2D eigenvalue weighted by atomic mass is 9.96. The molecule has 0 aliphatic rings. The number of hydrazine groups is 1. The molecular formula is C14H24N2O. The van der Waals surface area contributed by atoms with Crippen LogP contribution in [0.3, 0.4) is 0 Å². The van der Waals surface area contributed by atoms with Crippen LogP contribution < -0.4 is 11.3 Å². The van der Waals surface area contributed by atoms with Gasteiger partial charge in [-0.1, -0.05) is 44.5 Å². The maximum Gasteiger partial charge on any atom is 0.0778 e. The monoisotopic (exact) mass is 236 g/mol. The first-order chi connectivity index (χ1) is 8.26. The minimum atomic E-state index is 0.0615. The lowest BCUT2D eigenvalue weighted by molar-refractivity contribution is 0.0606. The Balaban J connectivity index is 2.90. The Morgan fingerprint density at radius 3 is 2.65 bits per heavy atom. The smallest absolute Gasteiger partial charge is 0.0778 e. The second-order valence-corrected chi connectivity index (χ2v) is 4.31. The van der Waals surface area contributed by atoms with Crippen molar-refractivity contribution in [1.29, 1.82) is 0 Å². The van der Waals surface area contributed by atoms with Crippen molar-refractivity contribution < 1.29 is 4.74 Å². The van der Waals surface area contributed by atoms with Gasteiger partial charge in [0.2, 0.25) is 0 Å². The summed E-state index contributed by atoms with van der Waals surface area (Å²) in [6, 6.07) is 8.58. The summed E-state index contributed by atoms with van der Waals surface area (Å²) in [6.07, 6.45) is 3.25. The minimum absolute atomic E-state index is 0.0615. The molecule has 0 bridgehead atoms. The van der Waals surface area contributed by atoms with Crippen LogP contribution in [0.2, 0.25) is 0 Å². The zero-order valence-corrected chi connectivity index (χ0v) is 11.1. The molecule has 0 aliphatic carbocycles. The lowest BCUT2D eigenvalue weighted by Gasteiger charge is -2.25. The van der Waals surface area contributed by atoms with Gasteiger partial charge < -0.3 is 4.74 Å². The van der Waals surface area contributed by atoms with Gasteiger partial charge in [-0.3, -0.25) is 11.3 Å². The van der Waals surface area contributed by atoms with Gasteiger partial charge in [-0.2, -0.15) is 0 Å². The van der Waals surface area contributed by atoms with E-state index < -0.39 is 0 Å². The average Bonchev–Trinajstić information content (AvgIpc) is 2.38. The van der Waals surface area contributed by atoms with E-state index in [1.165, 1.54) is 11.1 Å². The maximum atomic E-state index is 5.67. The molecule has 0 aliphatic heterocycles. The van der Waals surface area contributed by atoms with E-state index in [0.717, 1.165) is 19.3 Å². The third-order valence-electron chi connectivity index (χ3n) is 3.15. The van der Waals surface area contributed by atoms with Gasteiger partial charge in [-0.15, -0.1) is 0 Å².